The predicted molar refractivity (Wildman–Crippen MR) is 90.5 cm³/mol. The van der Waals surface area contributed by atoms with Gasteiger partial charge in [0.1, 0.15) is 5.60 Å². The van der Waals surface area contributed by atoms with Crippen molar-refractivity contribution in [3.63, 3.8) is 0 Å². The van der Waals surface area contributed by atoms with Crippen molar-refractivity contribution in [2.75, 3.05) is 18.4 Å². The van der Waals surface area contributed by atoms with E-state index in [9.17, 15) is 13.2 Å². The van der Waals surface area contributed by atoms with E-state index in [1.165, 1.54) is 16.6 Å². The van der Waals surface area contributed by atoms with Gasteiger partial charge in [-0.3, -0.25) is 5.32 Å². The van der Waals surface area contributed by atoms with Crippen LogP contribution in [0.25, 0.3) is 0 Å². The summed E-state index contributed by atoms with van der Waals surface area (Å²) < 4.78 is 32.4. The highest BCUT2D eigenvalue weighted by Crippen LogP contribution is 2.43. The molecule has 25 heavy (non-hydrogen) atoms. The number of carbonyl (C=O) groups excluding carboxylic acids is 1. The highest BCUT2D eigenvalue weighted by Gasteiger charge is 2.46. The number of hydrogen-bond donors (Lipinski definition) is 1. The third-order valence-corrected chi connectivity index (χ3v) is 6.53. The zero-order valence-electron chi connectivity index (χ0n) is 13.4. The standard InChI is InChI=1S/C17H17N3O4S/c21-16-19-14-6-2-1-5-13(14)17(24-16)8-11-20(12-9-17)25(22,23)15-7-3-4-10-18-15/h1-7,10H,8-9,11-12H2,(H,19,21). The number of amides is 1. The molecule has 1 saturated heterocycles. The molecule has 0 atom stereocenters. The number of hydrogen-bond acceptors (Lipinski definition) is 5. The third kappa shape index (κ3) is 2.67. The van der Waals surface area contributed by atoms with Gasteiger partial charge in [0, 0.05) is 37.7 Å². The SMILES string of the molecule is O=C1Nc2ccccc2C2(CCN(S(=O)(=O)c3ccccn3)CC2)O1. The Morgan fingerprint density at radius 2 is 1.80 bits per heavy atom. The average Bonchev–Trinajstić information content (AvgIpc) is 2.63. The fraction of sp³-hybridized carbons (Fsp3) is 0.294. The largest absolute Gasteiger partial charge is 0.438 e. The molecular formula is C17H17N3O4S. The first-order valence-electron chi connectivity index (χ1n) is 8.02. The summed E-state index contributed by atoms with van der Waals surface area (Å²) in [6.45, 7) is 0.529. The van der Waals surface area contributed by atoms with Gasteiger partial charge in [0.2, 0.25) is 0 Å². The molecule has 1 amide bonds. The van der Waals surface area contributed by atoms with Crippen LogP contribution in [-0.2, 0) is 20.4 Å². The Labute approximate surface area is 145 Å². The minimum absolute atomic E-state index is 0.0358. The summed E-state index contributed by atoms with van der Waals surface area (Å²) in [7, 11) is -3.64. The molecule has 0 radical (unpaired) electrons. The molecule has 1 fully saturated rings. The molecule has 2 aliphatic rings. The summed E-state index contributed by atoms with van der Waals surface area (Å²) in [5.41, 5.74) is 0.832. The molecule has 4 rings (SSSR count). The lowest BCUT2D eigenvalue weighted by atomic mass is 9.83. The second-order valence-electron chi connectivity index (χ2n) is 6.13. The second-order valence-corrected chi connectivity index (χ2v) is 8.01. The Kier molecular flexibility index (Phi) is 3.73. The minimum Gasteiger partial charge on any atom is -0.438 e. The molecule has 8 heteroatoms. The molecule has 130 valence electrons. The van der Waals surface area contributed by atoms with Crippen LogP contribution in [0.1, 0.15) is 18.4 Å². The van der Waals surface area contributed by atoms with Gasteiger partial charge in [0.05, 0.1) is 5.69 Å². The summed E-state index contributed by atoms with van der Waals surface area (Å²) in [6, 6.07) is 12.3. The number of carbonyl (C=O) groups is 1. The molecule has 0 bridgehead atoms. The Morgan fingerprint density at radius 3 is 2.52 bits per heavy atom. The smallest absolute Gasteiger partial charge is 0.412 e. The van der Waals surface area contributed by atoms with Gasteiger partial charge in [-0.1, -0.05) is 24.3 Å². The second kappa shape index (κ2) is 5.82. The zero-order chi connectivity index (χ0) is 17.5. The van der Waals surface area contributed by atoms with Gasteiger partial charge in [0.25, 0.3) is 10.0 Å². The maximum absolute atomic E-state index is 12.7. The quantitative estimate of drug-likeness (QED) is 0.889. The number of nitrogens with zero attached hydrogens (tertiary/aromatic N) is 2. The monoisotopic (exact) mass is 359 g/mol. The lowest BCUT2D eigenvalue weighted by Crippen LogP contribution is -2.49. The van der Waals surface area contributed by atoms with Gasteiger partial charge < -0.3 is 4.74 Å². The summed E-state index contributed by atoms with van der Waals surface area (Å²) in [4.78, 5) is 15.9. The number of aromatic nitrogens is 1. The van der Waals surface area contributed by atoms with Crippen molar-refractivity contribution in [3.8, 4) is 0 Å². The van der Waals surface area contributed by atoms with Gasteiger partial charge in [0.15, 0.2) is 5.03 Å². The number of piperidine rings is 1. The topological polar surface area (TPSA) is 88.6 Å². The van der Waals surface area contributed by atoms with Gasteiger partial charge in [-0.15, -0.1) is 0 Å². The van der Waals surface area contributed by atoms with Crippen molar-refractivity contribution in [3.05, 3.63) is 54.2 Å². The van der Waals surface area contributed by atoms with Crippen LogP contribution in [0.3, 0.4) is 0 Å². The van der Waals surface area contributed by atoms with Gasteiger partial charge in [-0.05, 0) is 18.2 Å². The molecule has 7 nitrogen and oxygen atoms in total. The molecular weight excluding hydrogens is 342 g/mol. The van der Waals surface area contributed by atoms with Crippen LogP contribution in [-0.4, -0.2) is 36.9 Å². The van der Waals surface area contributed by atoms with Crippen molar-refractivity contribution in [2.24, 2.45) is 0 Å². The van der Waals surface area contributed by atoms with E-state index >= 15 is 0 Å². The number of sulfonamides is 1. The maximum Gasteiger partial charge on any atom is 0.412 e. The van der Waals surface area contributed by atoms with Crippen molar-refractivity contribution in [1.82, 2.24) is 9.29 Å². The lowest BCUT2D eigenvalue weighted by molar-refractivity contribution is -0.0248. The van der Waals surface area contributed by atoms with E-state index < -0.39 is 21.7 Å². The number of nitrogens with one attached hydrogen (secondary N) is 1. The number of benzene rings is 1. The summed E-state index contributed by atoms with van der Waals surface area (Å²) in [5, 5.41) is 2.73. The Morgan fingerprint density at radius 1 is 1.08 bits per heavy atom. The van der Waals surface area contributed by atoms with Crippen LogP contribution in [0.2, 0.25) is 0 Å². The van der Waals surface area contributed by atoms with Crippen molar-refractivity contribution in [1.29, 1.82) is 0 Å². The lowest BCUT2D eigenvalue weighted by Gasteiger charge is -2.43. The molecule has 1 aromatic carbocycles. The zero-order valence-corrected chi connectivity index (χ0v) is 14.2. The Bertz CT molecular complexity index is 907. The van der Waals surface area contributed by atoms with Crippen LogP contribution in [0.15, 0.2) is 53.7 Å². The fourth-order valence-corrected chi connectivity index (χ4v) is 4.82. The van der Waals surface area contributed by atoms with Crippen LogP contribution in [0, 0.1) is 0 Å². The van der Waals surface area contributed by atoms with E-state index in [0.29, 0.717) is 12.8 Å². The Hall–Kier alpha value is -2.45. The number of anilines is 1. The predicted octanol–water partition coefficient (Wildman–Crippen LogP) is 2.32. The van der Waals surface area contributed by atoms with Crippen LogP contribution < -0.4 is 5.32 Å². The first-order valence-corrected chi connectivity index (χ1v) is 9.46. The molecule has 1 spiro atoms. The first kappa shape index (κ1) is 16.0. The number of fused-ring (bicyclic) bond motifs is 2. The van der Waals surface area contributed by atoms with E-state index in [1.54, 1.807) is 12.1 Å². The summed E-state index contributed by atoms with van der Waals surface area (Å²) in [6.07, 6.45) is 1.77. The van der Waals surface area contributed by atoms with Crippen molar-refractivity contribution in [2.45, 2.75) is 23.5 Å². The summed E-state index contributed by atoms with van der Waals surface area (Å²) in [5.74, 6) is 0. The van der Waals surface area contributed by atoms with E-state index in [4.69, 9.17) is 4.74 Å². The number of pyridine rings is 1. The van der Waals surface area contributed by atoms with Crippen LogP contribution in [0.4, 0.5) is 10.5 Å². The number of para-hydroxylation sites is 1. The molecule has 1 N–H and O–H groups in total. The minimum atomic E-state index is -3.64. The molecule has 0 aliphatic carbocycles. The van der Waals surface area contributed by atoms with E-state index in [1.807, 2.05) is 24.3 Å². The fourth-order valence-electron chi connectivity index (χ4n) is 3.45. The van der Waals surface area contributed by atoms with E-state index in [2.05, 4.69) is 10.3 Å². The van der Waals surface area contributed by atoms with Crippen molar-refractivity contribution >= 4 is 21.8 Å². The van der Waals surface area contributed by atoms with E-state index in [-0.39, 0.29) is 18.1 Å². The molecule has 0 unspecified atom stereocenters. The van der Waals surface area contributed by atoms with Gasteiger partial charge in [-0.2, -0.15) is 4.31 Å². The van der Waals surface area contributed by atoms with E-state index in [0.717, 1.165) is 11.3 Å². The molecule has 2 aromatic rings. The van der Waals surface area contributed by atoms with Crippen LogP contribution in [0.5, 0.6) is 0 Å². The number of ether oxygens (including phenoxy) is 1. The van der Waals surface area contributed by atoms with Gasteiger partial charge in [-0.25, -0.2) is 18.2 Å². The highest BCUT2D eigenvalue weighted by molar-refractivity contribution is 7.89. The third-order valence-electron chi connectivity index (χ3n) is 4.71. The number of rotatable bonds is 2. The average molecular weight is 359 g/mol. The van der Waals surface area contributed by atoms with Crippen LogP contribution >= 0.6 is 0 Å². The van der Waals surface area contributed by atoms with Gasteiger partial charge >= 0.3 is 6.09 Å². The highest BCUT2D eigenvalue weighted by atomic mass is 32.2. The molecule has 1 aromatic heterocycles. The normalized spacial score (nSPS) is 19.8. The van der Waals surface area contributed by atoms with Crippen molar-refractivity contribution < 1.29 is 17.9 Å². The first-order chi connectivity index (χ1) is 12.0. The molecule has 3 heterocycles. The molecule has 0 saturated carbocycles. The Balaban J connectivity index is 1.61. The maximum atomic E-state index is 12.7. The molecule has 2 aliphatic heterocycles. The summed E-state index contributed by atoms with van der Waals surface area (Å²) >= 11 is 0.